The molecule has 0 unspecified atom stereocenters. The second-order valence-corrected chi connectivity index (χ2v) is 9.35. The van der Waals surface area contributed by atoms with Gasteiger partial charge in [0.15, 0.2) is 0 Å². The van der Waals surface area contributed by atoms with E-state index >= 15 is 0 Å². The number of likely N-dealkylation sites (tertiary alicyclic amines) is 1. The summed E-state index contributed by atoms with van der Waals surface area (Å²) in [4.78, 5) is 2.44. The summed E-state index contributed by atoms with van der Waals surface area (Å²) in [5.41, 5.74) is 3.55. The summed E-state index contributed by atoms with van der Waals surface area (Å²) in [6.45, 7) is 7.38. The summed E-state index contributed by atoms with van der Waals surface area (Å²) in [5.74, 6) is 0.750. The normalized spacial score (nSPS) is 29.5. The molecule has 3 nitrogen and oxygen atoms in total. The summed E-state index contributed by atoms with van der Waals surface area (Å²) in [5, 5.41) is 13.5. The zero-order valence-electron chi connectivity index (χ0n) is 17.0. The molecule has 1 saturated heterocycles. The van der Waals surface area contributed by atoms with Crippen molar-refractivity contribution in [1.82, 2.24) is 10.2 Å². The van der Waals surface area contributed by atoms with Gasteiger partial charge in [-0.25, -0.2) is 0 Å². The molecule has 3 fully saturated rings. The molecule has 1 aromatic rings. The molecular formula is C24H36N2O. The van der Waals surface area contributed by atoms with Crippen LogP contribution in [0.1, 0.15) is 57.9 Å². The first kappa shape index (κ1) is 19.2. The Morgan fingerprint density at radius 2 is 1.96 bits per heavy atom. The van der Waals surface area contributed by atoms with Crippen molar-refractivity contribution in [3.8, 4) is 0 Å². The quantitative estimate of drug-likeness (QED) is 0.761. The highest BCUT2D eigenvalue weighted by atomic mass is 16.3. The first-order valence-corrected chi connectivity index (χ1v) is 11.0. The summed E-state index contributed by atoms with van der Waals surface area (Å²) in [6.07, 6.45) is 10.1. The van der Waals surface area contributed by atoms with Gasteiger partial charge in [0.2, 0.25) is 0 Å². The minimum atomic E-state index is -0.196. The van der Waals surface area contributed by atoms with Crippen LogP contribution in [0.3, 0.4) is 0 Å². The second kappa shape index (κ2) is 8.06. The monoisotopic (exact) mass is 368 g/mol. The van der Waals surface area contributed by atoms with Gasteiger partial charge in [-0.2, -0.15) is 0 Å². The number of β-amino-alcohol motifs (C(OH)–C–C–N with tert-alkyl or cyclic N) is 1. The van der Waals surface area contributed by atoms with E-state index in [9.17, 15) is 5.11 Å². The van der Waals surface area contributed by atoms with Crippen molar-refractivity contribution in [2.45, 2.75) is 70.6 Å². The molecule has 0 radical (unpaired) electrons. The number of benzene rings is 1. The van der Waals surface area contributed by atoms with Gasteiger partial charge < -0.3 is 15.3 Å². The van der Waals surface area contributed by atoms with Crippen LogP contribution >= 0.6 is 0 Å². The van der Waals surface area contributed by atoms with E-state index in [1.165, 1.54) is 50.8 Å². The first-order chi connectivity index (χ1) is 13.1. The predicted molar refractivity (Wildman–Crippen MR) is 113 cm³/mol. The minimum absolute atomic E-state index is 0.196. The van der Waals surface area contributed by atoms with Crippen molar-refractivity contribution in [1.29, 1.82) is 0 Å². The molecule has 4 rings (SSSR count). The third-order valence-corrected chi connectivity index (χ3v) is 7.07. The average Bonchev–Trinajstić information content (AvgIpc) is 3.39. The van der Waals surface area contributed by atoms with E-state index in [1.807, 2.05) is 6.92 Å². The molecule has 1 aliphatic heterocycles. The number of rotatable bonds is 7. The molecule has 3 aliphatic rings. The topological polar surface area (TPSA) is 35.5 Å². The highest BCUT2D eigenvalue weighted by molar-refractivity contribution is 5.54. The van der Waals surface area contributed by atoms with Crippen LogP contribution in [0.5, 0.6) is 0 Å². The standard InChI is InChI=1S/C24H36N2O/c1-3-20(13-19-7-5-4-6-8-19)22-14-23(22)25-21-15-24(16-21)9-11-26(12-10-24)17-18(2)27/h4-8,13,18,21-23,25,27H,3,9-12,14-17H2,1-2H3/b20-13+/t18-,22+,23-/m1/s1. The molecular weight excluding hydrogens is 332 g/mol. The van der Waals surface area contributed by atoms with Crippen LogP contribution in [-0.2, 0) is 0 Å². The fourth-order valence-electron chi connectivity index (χ4n) is 5.42. The minimum Gasteiger partial charge on any atom is -0.392 e. The molecule has 1 aromatic carbocycles. The van der Waals surface area contributed by atoms with Gasteiger partial charge in [-0.05, 0) is 75.4 Å². The zero-order chi connectivity index (χ0) is 18.9. The van der Waals surface area contributed by atoms with Crippen LogP contribution < -0.4 is 5.32 Å². The number of nitrogens with zero attached hydrogens (tertiary/aromatic N) is 1. The molecule has 27 heavy (non-hydrogen) atoms. The van der Waals surface area contributed by atoms with E-state index in [2.05, 4.69) is 53.5 Å². The van der Waals surface area contributed by atoms with Crippen LogP contribution in [0.25, 0.3) is 6.08 Å². The molecule has 1 heterocycles. The lowest BCUT2D eigenvalue weighted by molar-refractivity contribution is -0.00555. The molecule has 0 aromatic heterocycles. The van der Waals surface area contributed by atoms with Crippen LogP contribution in [0.15, 0.2) is 35.9 Å². The highest BCUT2D eigenvalue weighted by Gasteiger charge is 2.49. The van der Waals surface area contributed by atoms with Crippen LogP contribution in [-0.4, -0.2) is 47.8 Å². The van der Waals surface area contributed by atoms with Crippen LogP contribution in [0.2, 0.25) is 0 Å². The van der Waals surface area contributed by atoms with E-state index in [0.29, 0.717) is 11.5 Å². The van der Waals surface area contributed by atoms with Crippen molar-refractivity contribution in [2.24, 2.45) is 11.3 Å². The van der Waals surface area contributed by atoms with E-state index in [1.54, 1.807) is 5.57 Å². The Kier molecular flexibility index (Phi) is 5.73. The van der Waals surface area contributed by atoms with Crippen LogP contribution in [0, 0.1) is 11.3 Å². The third-order valence-electron chi connectivity index (χ3n) is 7.07. The summed E-state index contributed by atoms with van der Waals surface area (Å²) in [6, 6.07) is 12.2. The van der Waals surface area contributed by atoms with E-state index < -0.39 is 0 Å². The zero-order valence-corrected chi connectivity index (χ0v) is 17.0. The molecule has 0 amide bonds. The first-order valence-electron chi connectivity index (χ1n) is 11.0. The Morgan fingerprint density at radius 3 is 2.59 bits per heavy atom. The van der Waals surface area contributed by atoms with Gasteiger partial charge in [0.05, 0.1) is 6.10 Å². The van der Waals surface area contributed by atoms with Gasteiger partial charge in [-0.15, -0.1) is 0 Å². The van der Waals surface area contributed by atoms with Crippen molar-refractivity contribution in [3.63, 3.8) is 0 Å². The third kappa shape index (κ3) is 4.64. The highest BCUT2D eigenvalue weighted by Crippen LogP contribution is 2.51. The second-order valence-electron chi connectivity index (χ2n) is 9.35. The molecule has 0 bridgehead atoms. The molecule has 148 valence electrons. The number of piperidine rings is 1. The van der Waals surface area contributed by atoms with Gasteiger partial charge in [-0.3, -0.25) is 0 Å². The number of aliphatic hydroxyl groups excluding tert-OH is 1. The van der Waals surface area contributed by atoms with E-state index in [4.69, 9.17) is 0 Å². The molecule has 3 heteroatoms. The summed E-state index contributed by atoms with van der Waals surface area (Å²) >= 11 is 0. The lowest BCUT2D eigenvalue weighted by atomic mass is 9.60. The van der Waals surface area contributed by atoms with Crippen molar-refractivity contribution >= 4 is 6.08 Å². The Hall–Kier alpha value is -1.16. The smallest absolute Gasteiger partial charge is 0.0639 e. The largest absolute Gasteiger partial charge is 0.392 e. The predicted octanol–water partition coefficient (Wildman–Crippen LogP) is 4.08. The summed E-state index contributed by atoms with van der Waals surface area (Å²) < 4.78 is 0. The Labute approximate surface area is 164 Å². The van der Waals surface area contributed by atoms with Crippen molar-refractivity contribution in [3.05, 3.63) is 41.5 Å². The maximum atomic E-state index is 9.58. The lowest BCUT2D eigenvalue weighted by Crippen LogP contribution is -2.54. The molecule has 1 spiro atoms. The Bertz CT molecular complexity index is 638. The molecule has 2 N–H and O–H groups in total. The van der Waals surface area contributed by atoms with E-state index in [0.717, 1.165) is 24.9 Å². The van der Waals surface area contributed by atoms with E-state index in [-0.39, 0.29) is 6.10 Å². The number of nitrogens with one attached hydrogen (secondary N) is 1. The van der Waals surface area contributed by atoms with Gasteiger partial charge in [-0.1, -0.05) is 48.9 Å². The number of hydrogen-bond donors (Lipinski definition) is 2. The van der Waals surface area contributed by atoms with Crippen LogP contribution in [0.4, 0.5) is 0 Å². The Balaban J connectivity index is 1.22. The SMILES string of the molecule is CC/C(=C\c1ccccc1)[C@@H]1C[C@H]1NC1CC2(CCN(C[C@@H](C)O)CC2)C1. The molecule has 3 atom stereocenters. The number of hydrogen-bond acceptors (Lipinski definition) is 3. The maximum absolute atomic E-state index is 9.58. The van der Waals surface area contributed by atoms with Crippen molar-refractivity contribution < 1.29 is 5.11 Å². The van der Waals surface area contributed by atoms with Gasteiger partial charge in [0, 0.05) is 18.6 Å². The number of aliphatic hydroxyl groups is 1. The lowest BCUT2D eigenvalue weighted by Gasteiger charge is -2.53. The average molecular weight is 369 g/mol. The fourth-order valence-corrected chi connectivity index (χ4v) is 5.42. The maximum Gasteiger partial charge on any atom is 0.0639 e. The van der Waals surface area contributed by atoms with Gasteiger partial charge in [0.1, 0.15) is 0 Å². The molecule has 2 aliphatic carbocycles. The van der Waals surface area contributed by atoms with Gasteiger partial charge >= 0.3 is 0 Å². The van der Waals surface area contributed by atoms with Crippen molar-refractivity contribution in [2.75, 3.05) is 19.6 Å². The van der Waals surface area contributed by atoms with Gasteiger partial charge in [0.25, 0.3) is 0 Å². The Morgan fingerprint density at radius 1 is 1.26 bits per heavy atom. The molecule has 2 saturated carbocycles. The summed E-state index contributed by atoms with van der Waals surface area (Å²) in [7, 11) is 0. The fraction of sp³-hybridized carbons (Fsp3) is 0.667.